The highest BCUT2D eigenvalue weighted by Crippen LogP contribution is 2.25. The zero-order valence-electron chi connectivity index (χ0n) is 12.0. The Morgan fingerprint density at radius 3 is 2.83 bits per heavy atom. The lowest BCUT2D eigenvalue weighted by Crippen LogP contribution is -2.46. The number of carboxylic acid groups (broad SMARTS) is 1. The topological polar surface area (TPSA) is 98.7 Å². The first kappa shape index (κ1) is 17.0. The van der Waals surface area contributed by atoms with E-state index in [1.807, 2.05) is 0 Å². The minimum absolute atomic E-state index is 0.0335. The summed E-state index contributed by atoms with van der Waals surface area (Å²) in [6, 6.07) is 2.69. The molecule has 0 bridgehead atoms. The Morgan fingerprint density at radius 1 is 1.43 bits per heavy atom. The van der Waals surface area contributed by atoms with Gasteiger partial charge in [-0.05, 0) is 24.6 Å². The van der Waals surface area contributed by atoms with Crippen molar-refractivity contribution in [3.05, 3.63) is 29.0 Å². The second kappa shape index (κ2) is 7.28. The van der Waals surface area contributed by atoms with Crippen molar-refractivity contribution in [2.24, 2.45) is 0 Å². The fourth-order valence-electron chi connectivity index (χ4n) is 2.22. The number of anilines is 1. The lowest BCUT2D eigenvalue weighted by atomic mass is 10.2. The summed E-state index contributed by atoms with van der Waals surface area (Å²) in [5.41, 5.74) is 0.368. The molecule has 1 atom stereocenters. The molecule has 0 spiro atoms. The smallest absolute Gasteiger partial charge is 0.315 e. The standard InChI is InChI=1S/C14H15ClFN3O4/c15-9-2-1-8(7-10(9)16)19-6-4-11(13(19)22)18-14(23)17-5-3-12(20)21/h1-2,7,11H,3-6H2,(H,20,21)(H2,17,18,23). The molecule has 1 unspecified atom stereocenters. The summed E-state index contributed by atoms with van der Waals surface area (Å²) in [5, 5.41) is 13.3. The average Bonchev–Trinajstić information content (AvgIpc) is 2.83. The summed E-state index contributed by atoms with van der Waals surface area (Å²) < 4.78 is 13.5. The van der Waals surface area contributed by atoms with Gasteiger partial charge in [0.25, 0.3) is 0 Å². The van der Waals surface area contributed by atoms with Gasteiger partial charge in [-0.3, -0.25) is 9.59 Å². The predicted molar refractivity (Wildman–Crippen MR) is 81.0 cm³/mol. The van der Waals surface area contributed by atoms with Crippen molar-refractivity contribution in [3.8, 4) is 0 Å². The van der Waals surface area contributed by atoms with Crippen LogP contribution in [0.2, 0.25) is 5.02 Å². The molecule has 1 saturated heterocycles. The van der Waals surface area contributed by atoms with Gasteiger partial charge in [0.1, 0.15) is 11.9 Å². The van der Waals surface area contributed by atoms with E-state index in [4.69, 9.17) is 16.7 Å². The van der Waals surface area contributed by atoms with Crippen LogP contribution in [-0.4, -0.2) is 42.1 Å². The molecule has 9 heteroatoms. The molecule has 1 aromatic carbocycles. The van der Waals surface area contributed by atoms with Gasteiger partial charge >= 0.3 is 12.0 Å². The zero-order chi connectivity index (χ0) is 17.0. The monoisotopic (exact) mass is 343 g/mol. The van der Waals surface area contributed by atoms with Crippen LogP contribution in [0.5, 0.6) is 0 Å². The van der Waals surface area contributed by atoms with Gasteiger partial charge in [-0.15, -0.1) is 0 Å². The van der Waals surface area contributed by atoms with Crippen molar-refractivity contribution < 1.29 is 23.9 Å². The van der Waals surface area contributed by atoms with Crippen molar-refractivity contribution in [1.82, 2.24) is 10.6 Å². The first-order valence-corrected chi connectivity index (χ1v) is 7.29. The number of carboxylic acids is 1. The molecule has 1 aliphatic rings. The van der Waals surface area contributed by atoms with Gasteiger partial charge in [0.15, 0.2) is 0 Å². The van der Waals surface area contributed by atoms with Crippen molar-refractivity contribution >= 4 is 35.2 Å². The number of amides is 3. The SMILES string of the molecule is O=C(O)CCNC(=O)NC1CCN(c2ccc(Cl)c(F)c2)C1=O. The number of hydrogen-bond donors (Lipinski definition) is 3. The molecule has 0 aromatic heterocycles. The molecule has 1 aliphatic heterocycles. The number of benzene rings is 1. The van der Waals surface area contributed by atoms with E-state index in [1.54, 1.807) is 0 Å². The molecule has 23 heavy (non-hydrogen) atoms. The Kier molecular flexibility index (Phi) is 5.38. The summed E-state index contributed by atoms with van der Waals surface area (Å²) in [6.45, 7) is 0.300. The highest BCUT2D eigenvalue weighted by atomic mass is 35.5. The zero-order valence-corrected chi connectivity index (χ0v) is 12.8. The number of halogens is 2. The number of urea groups is 1. The number of hydrogen-bond acceptors (Lipinski definition) is 3. The van der Waals surface area contributed by atoms with Gasteiger partial charge < -0.3 is 20.6 Å². The van der Waals surface area contributed by atoms with Gasteiger partial charge in [-0.1, -0.05) is 11.6 Å². The molecule has 2 rings (SSSR count). The molecule has 124 valence electrons. The fourth-order valence-corrected chi connectivity index (χ4v) is 2.33. The quantitative estimate of drug-likeness (QED) is 0.751. The Morgan fingerprint density at radius 2 is 2.17 bits per heavy atom. The molecule has 3 N–H and O–H groups in total. The van der Waals surface area contributed by atoms with Crippen LogP contribution in [0, 0.1) is 5.82 Å². The highest BCUT2D eigenvalue weighted by molar-refractivity contribution is 6.30. The van der Waals surface area contributed by atoms with Crippen LogP contribution in [0.4, 0.5) is 14.9 Å². The van der Waals surface area contributed by atoms with E-state index in [-0.39, 0.29) is 23.9 Å². The number of carbonyl (C=O) groups excluding carboxylic acids is 2. The van der Waals surface area contributed by atoms with Crippen LogP contribution >= 0.6 is 11.6 Å². The van der Waals surface area contributed by atoms with Crippen molar-refractivity contribution in [2.75, 3.05) is 18.0 Å². The summed E-state index contributed by atoms with van der Waals surface area (Å²) in [4.78, 5) is 35.6. The Balaban J connectivity index is 1.92. The maximum absolute atomic E-state index is 13.5. The van der Waals surface area contributed by atoms with E-state index in [9.17, 15) is 18.8 Å². The Labute approximate surface area is 136 Å². The van der Waals surface area contributed by atoms with E-state index in [0.29, 0.717) is 18.7 Å². The normalized spacial score (nSPS) is 17.2. The lowest BCUT2D eigenvalue weighted by molar-refractivity contribution is -0.136. The van der Waals surface area contributed by atoms with Crippen LogP contribution in [0.3, 0.4) is 0 Å². The highest BCUT2D eigenvalue weighted by Gasteiger charge is 2.33. The second-order valence-electron chi connectivity index (χ2n) is 4.97. The Bertz CT molecular complexity index is 640. The minimum Gasteiger partial charge on any atom is -0.481 e. The number of carbonyl (C=O) groups is 3. The van der Waals surface area contributed by atoms with E-state index >= 15 is 0 Å². The minimum atomic E-state index is -1.03. The van der Waals surface area contributed by atoms with Gasteiger partial charge in [0, 0.05) is 18.8 Å². The largest absolute Gasteiger partial charge is 0.481 e. The van der Waals surface area contributed by atoms with Crippen LogP contribution < -0.4 is 15.5 Å². The maximum Gasteiger partial charge on any atom is 0.315 e. The molecule has 7 nitrogen and oxygen atoms in total. The number of nitrogens with one attached hydrogen (secondary N) is 2. The Hall–Kier alpha value is -2.35. The maximum atomic E-state index is 13.5. The molecule has 1 heterocycles. The average molecular weight is 344 g/mol. The predicted octanol–water partition coefficient (Wildman–Crippen LogP) is 1.36. The van der Waals surface area contributed by atoms with E-state index < -0.39 is 23.9 Å². The molecule has 3 amide bonds. The van der Waals surface area contributed by atoms with E-state index in [2.05, 4.69) is 10.6 Å². The van der Waals surface area contributed by atoms with Crippen LogP contribution in [0.15, 0.2) is 18.2 Å². The summed E-state index contributed by atoms with van der Waals surface area (Å²) in [7, 11) is 0. The molecular formula is C14H15ClFN3O4. The molecule has 0 saturated carbocycles. The number of nitrogens with zero attached hydrogens (tertiary/aromatic N) is 1. The molecule has 1 aromatic rings. The third kappa shape index (κ3) is 4.32. The molecule has 1 fully saturated rings. The third-order valence-corrected chi connectivity index (χ3v) is 3.66. The van der Waals surface area contributed by atoms with Gasteiger partial charge in [-0.25, -0.2) is 9.18 Å². The summed E-state index contributed by atoms with van der Waals surface area (Å²) in [6.07, 6.45) is 0.164. The first-order chi connectivity index (χ1) is 10.9. The van der Waals surface area contributed by atoms with Crippen molar-refractivity contribution in [3.63, 3.8) is 0 Å². The van der Waals surface area contributed by atoms with Crippen molar-refractivity contribution in [2.45, 2.75) is 18.9 Å². The molecule has 0 aliphatic carbocycles. The van der Waals surface area contributed by atoms with Crippen LogP contribution in [-0.2, 0) is 9.59 Å². The van der Waals surface area contributed by atoms with Crippen molar-refractivity contribution in [1.29, 1.82) is 0 Å². The lowest BCUT2D eigenvalue weighted by Gasteiger charge is -2.17. The molecule has 0 radical (unpaired) electrons. The van der Waals surface area contributed by atoms with Gasteiger partial charge in [-0.2, -0.15) is 0 Å². The van der Waals surface area contributed by atoms with Crippen LogP contribution in [0.25, 0.3) is 0 Å². The third-order valence-electron chi connectivity index (χ3n) is 3.35. The van der Waals surface area contributed by atoms with Crippen LogP contribution in [0.1, 0.15) is 12.8 Å². The first-order valence-electron chi connectivity index (χ1n) is 6.91. The second-order valence-corrected chi connectivity index (χ2v) is 5.38. The number of aliphatic carboxylic acids is 1. The summed E-state index contributed by atoms with van der Waals surface area (Å²) >= 11 is 5.61. The summed E-state index contributed by atoms with van der Waals surface area (Å²) in [5.74, 6) is -2.02. The molecular weight excluding hydrogens is 329 g/mol. The fraction of sp³-hybridized carbons (Fsp3) is 0.357. The van der Waals surface area contributed by atoms with Gasteiger partial charge in [0.05, 0.1) is 11.4 Å². The number of rotatable bonds is 5. The van der Waals surface area contributed by atoms with E-state index in [1.165, 1.54) is 17.0 Å². The van der Waals surface area contributed by atoms with Gasteiger partial charge in [0.2, 0.25) is 5.91 Å². The van der Waals surface area contributed by atoms with E-state index in [0.717, 1.165) is 6.07 Å².